The molecule has 0 radical (unpaired) electrons. The van der Waals surface area contributed by atoms with Gasteiger partial charge in [-0.3, -0.25) is 19.1 Å². The van der Waals surface area contributed by atoms with Crippen LogP contribution in [0.3, 0.4) is 0 Å². The number of aromatic nitrogens is 3. The van der Waals surface area contributed by atoms with Gasteiger partial charge in [0, 0.05) is 31.1 Å². The van der Waals surface area contributed by atoms with Crippen molar-refractivity contribution in [1.82, 2.24) is 19.9 Å². The number of hydrogen-bond donors (Lipinski definition) is 2. The molecular weight excluding hydrogens is 328 g/mol. The predicted molar refractivity (Wildman–Crippen MR) is 87.3 cm³/mol. The Morgan fingerprint density at radius 2 is 2.28 bits per heavy atom. The molecule has 9 nitrogen and oxygen atoms in total. The summed E-state index contributed by atoms with van der Waals surface area (Å²) in [5.74, 6) is 0.102. The van der Waals surface area contributed by atoms with Gasteiger partial charge in [0.1, 0.15) is 12.6 Å². The zero-order valence-corrected chi connectivity index (χ0v) is 13.4. The first kappa shape index (κ1) is 16.9. The molecule has 0 unspecified atom stereocenters. The molecule has 0 aromatic carbocycles. The SMILES string of the molecule is O=C(Cn1ccc(=O)[nH]c1=O)N[C@@H]1CCOC[C@H]1Oc1ccccn1. The number of amides is 1. The van der Waals surface area contributed by atoms with E-state index in [1.165, 1.54) is 12.3 Å². The first-order valence-corrected chi connectivity index (χ1v) is 7.86. The fourth-order valence-corrected chi connectivity index (χ4v) is 2.54. The molecule has 0 spiro atoms. The van der Waals surface area contributed by atoms with Gasteiger partial charge >= 0.3 is 5.69 Å². The monoisotopic (exact) mass is 346 g/mol. The number of nitrogens with one attached hydrogen (secondary N) is 2. The van der Waals surface area contributed by atoms with Gasteiger partial charge in [-0.1, -0.05) is 6.07 Å². The third-order valence-electron chi connectivity index (χ3n) is 3.77. The van der Waals surface area contributed by atoms with Crippen molar-refractivity contribution >= 4 is 5.91 Å². The highest BCUT2D eigenvalue weighted by Gasteiger charge is 2.29. The van der Waals surface area contributed by atoms with E-state index in [0.717, 1.165) is 4.57 Å². The van der Waals surface area contributed by atoms with Gasteiger partial charge in [0.05, 0.1) is 12.6 Å². The van der Waals surface area contributed by atoms with Crippen LogP contribution in [0.15, 0.2) is 46.2 Å². The van der Waals surface area contributed by atoms with Crippen molar-refractivity contribution in [2.45, 2.75) is 25.1 Å². The number of H-pyrrole nitrogens is 1. The first-order valence-electron chi connectivity index (χ1n) is 7.86. The number of ether oxygens (including phenoxy) is 2. The molecule has 9 heteroatoms. The minimum atomic E-state index is -0.629. The van der Waals surface area contributed by atoms with Crippen LogP contribution in [-0.4, -0.2) is 45.8 Å². The minimum Gasteiger partial charge on any atom is -0.470 e. The van der Waals surface area contributed by atoms with Gasteiger partial charge in [-0.05, 0) is 12.5 Å². The fourth-order valence-electron chi connectivity index (χ4n) is 2.54. The van der Waals surface area contributed by atoms with Crippen LogP contribution in [0.4, 0.5) is 0 Å². The molecule has 132 valence electrons. The first-order chi connectivity index (χ1) is 12.1. The summed E-state index contributed by atoms with van der Waals surface area (Å²) in [6.45, 7) is 0.648. The highest BCUT2D eigenvalue weighted by Crippen LogP contribution is 2.15. The van der Waals surface area contributed by atoms with Gasteiger partial charge in [-0.25, -0.2) is 9.78 Å². The number of carbonyl (C=O) groups excluding carboxylic acids is 1. The second-order valence-corrected chi connectivity index (χ2v) is 5.60. The maximum absolute atomic E-state index is 12.2. The number of carbonyl (C=O) groups is 1. The Morgan fingerprint density at radius 3 is 3.04 bits per heavy atom. The Kier molecular flexibility index (Phi) is 5.24. The number of hydrogen-bond acceptors (Lipinski definition) is 6. The normalized spacial score (nSPS) is 20.0. The lowest BCUT2D eigenvalue weighted by molar-refractivity contribution is -0.124. The van der Waals surface area contributed by atoms with E-state index >= 15 is 0 Å². The lowest BCUT2D eigenvalue weighted by Crippen LogP contribution is -2.52. The zero-order valence-electron chi connectivity index (χ0n) is 13.4. The molecule has 0 saturated carbocycles. The van der Waals surface area contributed by atoms with Crippen LogP contribution in [0.25, 0.3) is 0 Å². The van der Waals surface area contributed by atoms with Crippen molar-refractivity contribution in [2.24, 2.45) is 0 Å². The maximum atomic E-state index is 12.2. The summed E-state index contributed by atoms with van der Waals surface area (Å²) in [7, 11) is 0. The number of pyridine rings is 1. The van der Waals surface area contributed by atoms with Crippen LogP contribution >= 0.6 is 0 Å². The molecule has 0 bridgehead atoms. The molecule has 3 heterocycles. The summed E-state index contributed by atoms with van der Waals surface area (Å²) in [6.07, 6.45) is 3.12. The molecule has 2 aromatic rings. The molecule has 2 atom stereocenters. The van der Waals surface area contributed by atoms with Crippen LogP contribution in [0.1, 0.15) is 6.42 Å². The molecule has 3 rings (SSSR count). The van der Waals surface area contributed by atoms with Crippen molar-refractivity contribution in [3.63, 3.8) is 0 Å². The van der Waals surface area contributed by atoms with Gasteiger partial charge in [0.15, 0.2) is 0 Å². The van der Waals surface area contributed by atoms with Crippen molar-refractivity contribution in [1.29, 1.82) is 0 Å². The van der Waals surface area contributed by atoms with Gasteiger partial charge in [-0.15, -0.1) is 0 Å². The van der Waals surface area contributed by atoms with Gasteiger partial charge in [-0.2, -0.15) is 0 Å². The Hall–Kier alpha value is -2.94. The second kappa shape index (κ2) is 7.75. The Balaban J connectivity index is 1.63. The summed E-state index contributed by atoms with van der Waals surface area (Å²) in [5.41, 5.74) is -1.13. The van der Waals surface area contributed by atoms with Crippen LogP contribution in [0, 0.1) is 0 Å². The highest BCUT2D eigenvalue weighted by atomic mass is 16.5. The summed E-state index contributed by atoms with van der Waals surface area (Å²) < 4.78 is 12.3. The van der Waals surface area contributed by atoms with Gasteiger partial charge in [0.2, 0.25) is 11.8 Å². The van der Waals surface area contributed by atoms with Crippen molar-refractivity contribution in [3.8, 4) is 5.88 Å². The van der Waals surface area contributed by atoms with E-state index in [0.29, 0.717) is 25.5 Å². The molecule has 1 aliphatic heterocycles. The van der Waals surface area contributed by atoms with Crippen molar-refractivity contribution in [3.05, 3.63) is 57.5 Å². The molecular formula is C16H18N4O5. The zero-order chi connectivity index (χ0) is 17.6. The number of aromatic amines is 1. The van der Waals surface area contributed by atoms with E-state index < -0.39 is 11.2 Å². The molecule has 1 saturated heterocycles. The Morgan fingerprint density at radius 1 is 1.40 bits per heavy atom. The molecule has 1 amide bonds. The van der Waals surface area contributed by atoms with E-state index in [1.54, 1.807) is 18.3 Å². The highest BCUT2D eigenvalue weighted by molar-refractivity contribution is 5.76. The molecule has 1 aliphatic rings. The number of rotatable bonds is 5. The topological polar surface area (TPSA) is 115 Å². The predicted octanol–water partition coefficient (Wildman–Crippen LogP) is -0.716. The maximum Gasteiger partial charge on any atom is 0.328 e. The van der Waals surface area contributed by atoms with E-state index in [2.05, 4.69) is 15.3 Å². The number of nitrogens with zero attached hydrogens (tertiary/aromatic N) is 2. The molecule has 2 aromatic heterocycles. The molecule has 25 heavy (non-hydrogen) atoms. The Labute approximate surface area is 142 Å². The molecule has 1 fully saturated rings. The third kappa shape index (κ3) is 4.54. The summed E-state index contributed by atoms with van der Waals surface area (Å²) in [5, 5.41) is 2.86. The van der Waals surface area contributed by atoms with Crippen LogP contribution in [0.5, 0.6) is 5.88 Å². The fraction of sp³-hybridized carbons (Fsp3) is 0.375. The van der Waals surface area contributed by atoms with Crippen LogP contribution < -0.4 is 21.3 Å². The summed E-state index contributed by atoms with van der Waals surface area (Å²) in [6, 6.07) is 6.25. The average molecular weight is 346 g/mol. The average Bonchev–Trinajstić information content (AvgIpc) is 2.60. The minimum absolute atomic E-state index is 0.191. The van der Waals surface area contributed by atoms with Crippen molar-refractivity contribution < 1.29 is 14.3 Å². The second-order valence-electron chi connectivity index (χ2n) is 5.60. The Bertz CT molecular complexity index is 832. The molecule has 2 N–H and O–H groups in total. The van der Waals surface area contributed by atoms with Crippen molar-refractivity contribution in [2.75, 3.05) is 13.2 Å². The largest absolute Gasteiger partial charge is 0.470 e. The lowest BCUT2D eigenvalue weighted by Gasteiger charge is -2.32. The van der Waals surface area contributed by atoms with E-state index in [9.17, 15) is 14.4 Å². The van der Waals surface area contributed by atoms with E-state index in [1.807, 2.05) is 6.07 Å². The van der Waals surface area contributed by atoms with Gasteiger partial charge < -0.3 is 14.8 Å². The van der Waals surface area contributed by atoms with Crippen LogP contribution in [-0.2, 0) is 16.1 Å². The summed E-state index contributed by atoms with van der Waals surface area (Å²) >= 11 is 0. The van der Waals surface area contributed by atoms with E-state index in [-0.39, 0.29) is 24.6 Å². The smallest absolute Gasteiger partial charge is 0.328 e. The van der Waals surface area contributed by atoms with E-state index in [4.69, 9.17) is 9.47 Å². The standard InChI is InChI=1S/C16H18N4O5/c21-13-4-7-20(16(23)19-13)9-14(22)18-11-5-8-24-10-12(11)25-15-3-1-2-6-17-15/h1-4,6-7,11-12H,5,8-10H2,(H,18,22)(H,19,21,23)/t11-,12-/m1/s1. The lowest BCUT2D eigenvalue weighted by atomic mass is 10.1. The quantitative estimate of drug-likeness (QED) is 0.739. The van der Waals surface area contributed by atoms with Gasteiger partial charge in [0.25, 0.3) is 5.56 Å². The molecule has 0 aliphatic carbocycles. The third-order valence-corrected chi connectivity index (χ3v) is 3.77. The summed E-state index contributed by atoms with van der Waals surface area (Å²) in [4.78, 5) is 41.2. The van der Waals surface area contributed by atoms with Crippen LogP contribution in [0.2, 0.25) is 0 Å².